The van der Waals surface area contributed by atoms with Crippen molar-refractivity contribution in [2.75, 3.05) is 45.2 Å². The fourth-order valence-electron chi connectivity index (χ4n) is 2.92. The molecule has 0 aliphatic carbocycles. The maximum atomic E-state index is 12.4. The number of ketones is 1. The van der Waals surface area contributed by atoms with Crippen LogP contribution in [0.5, 0.6) is 5.75 Å². The first-order valence-electron chi connectivity index (χ1n) is 8.76. The summed E-state index contributed by atoms with van der Waals surface area (Å²) in [6, 6.07) is 14.0. The van der Waals surface area contributed by atoms with Gasteiger partial charge < -0.3 is 15.0 Å². The number of methoxy groups -OCH3 is 1. The number of benzene rings is 2. The van der Waals surface area contributed by atoms with E-state index in [1.807, 2.05) is 0 Å². The highest BCUT2D eigenvalue weighted by atomic mass is 35.5. The fraction of sp³-hybridized carbons (Fsp3) is 0.300. The van der Waals surface area contributed by atoms with Crippen molar-refractivity contribution in [3.05, 3.63) is 59.1 Å². The van der Waals surface area contributed by atoms with Crippen molar-refractivity contribution >= 4 is 29.1 Å². The van der Waals surface area contributed by atoms with Gasteiger partial charge in [0.2, 0.25) is 0 Å². The van der Waals surface area contributed by atoms with Gasteiger partial charge in [-0.1, -0.05) is 11.6 Å². The number of carbonyl (C=O) groups excluding carboxylic acids is 2. The lowest BCUT2D eigenvalue weighted by Crippen LogP contribution is -2.51. The van der Waals surface area contributed by atoms with Crippen LogP contribution in [-0.2, 0) is 0 Å². The molecule has 142 valence electrons. The summed E-state index contributed by atoms with van der Waals surface area (Å²) in [6.45, 7) is 2.83. The molecule has 1 aliphatic heterocycles. The SMILES string of the molecule is COc1ccc(C(=O)CN2CCN(C(=O)Nc3ccc(Cl)cc3)CC2)cc1. The number of ether oxygens (including phenoxy) is 1. The average molecular weight is 388 g/mol. The van der Waals surface area contributed by atoms with Crippen LogP contribution >= 0.6 is 11.6 Å². The van der Waals surface area contributed by atoms with Gasteiger partial charge in [0.25, 0.3) is 0 Å². The molecule has 0 radical (unpaired) electrons. The number of hydrogen-bond acceptors (Lipinski definition) is 4. The minimum Gasteiger partial charge on any atom is -0.497 e. The number of rotatable bonds is 5. The Kier molecular flexibility index (Phi) is 6.32. The Morgan fingerprint density at radius 2 is 1.63 bits per heavy atom. The van der Waals surface area contributed by atoms with Crippen LogP contribution in [0.25, 0.3) is 0 Å². The number of urea groups is 1. The second kappa shape index (κ2) is 8.88. The number of Topliss-reactive ketones (excluding diaryl/α,β-unsaturated/α-hetero) is 1. The minimum absolute atomic E-state index is 0.0664. The van der Waals surface area contributed by atoms with E-state index in [0.29, 0.717) is 49.0 Å². The molecule has 1 heterocycles. The Labute approximate surface area is 163 Å². The van der Waals surface area contributed by atoms with Crippen molar-refractivity contribution in [2.24, 2.45) is 0 Å². The van der Waals surface area contributed by atoms with Crippen molar-refractivity contribution < 1.29 is 14.3 Å². The molecule has 0 spiro atoms. The zero-order valence-electron chi connectivity index (χ0n) is 15.2. The Hall–Kier alpha value is -2.57. The van der Waals surface area contributed by atoms with Crippen molar-refractivity contribution in [1.29, 1.82) is 0 Å². The van der Waals surface area contributed by atoms with Crippen molar-refractivity contribution in [3.63, 3.8) is 0 Å². The zero-order valence-corrected chi connectivity index (χ0v) is 15.9. The van der Waals surface area contributed by atoms with Crippen LogP contribution in [0.1, 0.15) is 10.4 Å². The summed E-state index contributed by atoms with van der Waals surface area (Å²) in [7, 11) is 1.60. The van der Waals surface area contributed by atoms with E-state index in [2.05, 4.69) is 10.2 Å². The van der Waals surface area contributed by atoms with Crippen LogP contribution < -0.4 is 10.1 Å². The van der Waals surface area contributed by atoms with Gasteiger partial charge >= 0.3 is 6.03 Å². The predicted molar refractivity (Wildman–Crippen MR) is 106 cm³/mol. The van der Waals surface area contributed by atoms with Crippen LogP contribution in [0.15, 0.2) is 48.5 Å². The molecule has 0 aromatic heterocycles. The zero-order chi connectivity index (χ0) is 19.2. The number of hydrogen-bond donors (Lipinski definition) is 1. The van der Waals surface area contributed by atoms with Crippen LogP contribution in [0.4, 0.5) is 10.5 Å². The number of nitrogens with zero attached hydrogens (tertiary/aromatic N) is 2. The lowest BCUT2D eigenvalue weighted by molar-refractivity contribution is 0.0884. The molecule has 0 bridgehead atoms. The third-order valence-electron chi connectivity index (χ3n) is 4.53. The van der Waals surface area contributed by atoms with E-state index in [9.17, 15) is 9.59 Å². The molecular formula is C20H22ClN3O3. The summed E-state index contributed by atoms with van der Waals surface area (Å²) in [5.41, 5.74) is 1.38. The number of amides is 2. The summed E-state index contributed by atoms with van der Waals surface area (Å²) in [4.78, 5) is 28.6. The van der Waals surface area contributed by atoms with Gasteiger partial charge in [-0.15, -0.1) is 0 Å². The van der Waals surface area contributed by atoms with E-state index < -0.39 is 0 Å². The third-order valence-corrected chi connectivity index (χ3v) is 4.79. The highest BCUT2D eigenvalue weighted by molar-refractivity contribution is 6.30. The summed E-state index contributed by atoms with van der Waals surface area (Å²) in [6.07, 6.45) is 0. The quantitative estimate of drug-likeness (QED) is 0.799. The molecule has 1 aliphatic rings. The molecule has 0 unspecified atom stereocenters. The molecule has 0 saturated carbocycles. The molecule has 2 aromatic carbocycles. The van der Waals surface area contributed by atoms with E-state index >= 15 is 0 Å². The van der Waals surface area contributed by atoms with E-state index in [0.717, 1.165) is 5.75 Å². The third kappa shape index (κ3) is 5.21. The minimum atomic E-state index is -0.140. The largest absolute Gasteiger partial charge is 0.497 e. The molecule has 27 heavy (non-hydrogen) atoms. The van der Waals surface area contributed by atoms with Gasteiger partial charge in [-0.2, -0.15) is 0 Å². The molecule has 3 rings (SSSR count). The molecular weight excluding hydrogens is 366 g/mol. The highest BCUT2D eigenvalue weighted by Gasteiger charge is 2.22. The molecule has 7 heteroatoms. The number of piperazine rings is 1. The molecule has 1 fully saturated rings. The number of nitrogens with one attached hydrogen (secondary N) is 1. The fourth-order valence-corrected chi connectivity index (χ4v) is 3.04. The first kappa shape index (κ1) is 19.2. The van der Waals surface area contributed by atoms with Gasteiger partial charge in [-0.25, -0.2) is 4.79 Å². The van der Waals surface area contributed by atoms with Crippen LogP contribution in [0.2, 0.25) is 5.02 Å². The topological polar surface area (TPSA) is 61.9 Å². The normalized spacial score (nSPS) is 14.7. The van der Waals surface area contributed by atoms with Gasteiger partial charge in [0.1, 0.15) is 5.75 Å². The average Bonchev–Trinajstić information content (AvgIpc) is 2.70. The second-order valence-corrected chi connectivity index (χ2v) is 6.79. The van der Waals surface area contributed by atoms with E-state index in [1.165, 1.54) is 0 Å². The first-order chi connectivity index (χ1) is 13.0. The molecule has 1 N–H and O–H groups in total. The molecule has 1 saturated heterocycles. The molecule has 6 nitrogen and oxygen atoms in total. The van der Waals surface area contributed by atoms with Gasteiger partial charge in [0.05, 0.1) is 13.7 Å². The molecule has 0 atom stereocenters. The Balaban J connectivity index is 1.47. The lowest BCUT2D eigenvalue weighted by Gasteiger charge is -2.34. The molecule has 2 amide bonds. The van der Waals surface area contributed by atoms with E-state index in [4.69, 9.17) is 16.3 Å². The Morgan fingerprint density at radius 3 is 2.22 bits per heavy atom. The summed E-state index contributed by atoms with van der Waals surface area (Å²) >= 11 is 5.85. The Bertz CT molecular complexity index is 785. The van der Waals surface area contributed by atoms with Gasteiger partial charge in [0.15, 0.2) is 5.78 Å². The predicted octanol–water partition coefficient (Wildman–Crippen LogP) is 3.38. The van der Waals surface area contributed by atoms with Crippen molar-refractivity contribution in [1.82, 2.24) is 9.80 Å². The monoisotopic (exact) mass is 387 g/mol. The van der Waals surface area contributed by atoms with Crippen LogP contribution in [0.3, 0.4) is 0 Å². The van der Waals surface area contributed by atoms with E-state index in [-0.39, 0.29) is 11.8 Å². The standard InChI is InChI=1S/C20H22ClN3O3/c1-27-18-8-2-15(3-9-18)19(25)14-23-10-12-24(13-11-23)20(26)22-17-6-4-16(21)5-7-17/h2-9H,10-14H2,1H3,(H,22,26). The smallest absolute Gasteiger partial charge is 0.321 e. The number of carbonyl (C=O) groups is 2. The molecule has 2 aromatic rings. The first-order valence-corrected chi connectivity index (χ1v) is 9.14. The number of anilines is 1. The van der Waals surface area contributed by atoms with Gasteiger partial charge in [0, 0.05) is 42.5 Å². The summed E-state index contributed by atoms with van der Waals surface area (Å²) < 4.78 is 5.11. The Morgan fingerprint density at radius 1 is 1.00 bits per heavy atom. The summed E-state index contributed by atoms with van der Waals surface area (Å²) in [5.74, 6) is 0.795. The second-order valence-electron chi connectivity index (χ2n) is 6.35. The highest BCUT2D eigenvalue weighted by Crippen LogP contribution is 2.15. The van der Waals surface area contributed by atoms with Crippen molar-refractivity contribution in [2.45, 2.75) is 0 Å². The van der Waals surface area contributed by atoms with Crippen LogP contribution in [-0.4, -0.2) is 61.4 Å². The number of halogens is 1. The van der Waals surface area contributed by atoms with Crippen molar-refractivity contribution in [3.8, 4) is 5.75 Å². The maximum absolute atomic E-state index is 12.4. The van der Waals surface area contributed by atoms with E-state index in [1.54, 1.807) is 60.5 Å². The van der Waals surface area contributed by atoms with Gasteiger partial charge in [-0.05, 0) is 48.5 Å². The van der Waals surface area contributed by atoms with Crippen LogP contribution in [0, 0.1) is 0 Å². The summed E-state index contributed by atoms with van der Waals surface area (Å²) in [5, 5.41) is 3.49. The lowest BCUT2D eigenvalue weighted by atomic mass is 10.1. The maximum Gasteiger partial charge on any atom is 0.321 e. The van der Waals surface area contributed by atoms with Gasteiger partial charge in [-0.3, -0.25) is 9.69 Å².